The fourth-order valence-corrected chi connectivity index (χ4v) is 2.29. The summed E-state index contributed by atoms with van der Waals surface area (Å²) in [5.41, 5.74) is 0.760. The van der Waals surface area contributed by atoms with Gasteiger partial charge in [0.2, 0.25) is 0 Å². The van der Waals surface area contributed by atoms with Crippen LogP contribution in [-0.4, -0.2) is 57.3 Å². The number of nitrogens with zero attached hydrogens (tertiary/aromatic N) is 1. The largest absolute Gasteiger partial charge is 0.497 e. The minimum atomic E-state index is -0.166. The first-order chi connectivity index (χ1) is 10.3. The first-order valence-corrected chi connectivity index (χ1v) is 7.40. The van der Waals surface area contributed by atoms with E-state index in [2.05, 4.69) is 20.9 Å². The number of ether oxygens (including phenoxy) is 1. The summed E-state index contributed by atoms with van der Waals surface area (Å²) in [6, 6.07) is 7.11. The van der Waals surface area contributed by atoms with Crippen molar-refractivity contribution in [2.75, 3.05) is 51.7 Å². The monoisotopic (exact) mass is 292 g/mol. The molecule has 1 aromatic rings. The van der Waals surface area contributed by atoms with Crippen LogP contribution in [0.5, 0.6) is 5.75 Å². The first-order valence-electron chi connectivity index (χ1n) is 7.40. The second kappa shape index (κ2) is 8.49. The quantitative estimate of drug-likeness (QED) is 0.687. The van der Waals surface area contributed by atoms with Crippen LogP contribution in [0.15, 0.2) is 24.3 Å². The Hall–Kier alpha value is -1.79. The van der Waals surface area contributed by atoms with Crippen LogP contribution in [0, 0.1) is 0 Å². The molecular weight excluding hydrogens is 268 g/mol. The Balaban J connectivity index is 1.60. The van der Waals surface area contributed by atoms with Gasteiger partial charge in [-0.2, -0.15) is 0 Å². The lowest BCUT2D eigenvalue weighted by atomic mass is 10.3. The zero-order valence-electron chi connectivity index (χ0n) is 12.5. The number of hydrogen-bond donors (Lipinski definition) is 3. The van der Waals surface area contributed by atoms with Crippen molar-refractivity contribution in [3.63, 3.8) is 0 Å². The van der Waals surface area contributed by atoms with Crippen molar-refractivity contribution in [1.82, 2.24) is 15.5 Å². The van der Waals surface area contributed by atoms with E-state index in [0.717, 1.165) is 50.6 Å². The standard InChI is InChI=1S/C15H24N4O2/c1-21-14-5-3-13(4-6-14)18-15(20)17-7-2-10-19-11-8-16-9-12-19/h3-6,16H,2,7-12H2,1H3,(H2,17,18,20). The van der Waals surface area contributed by atoms with Crippen molar-refractivity contribution in [2.45, 2.75) is 6.42 Å². The molecule has 116 valence electrons. The molecule has 0 aromatic heterocycles. The van der Waals surface area contributed by atoms with E-state index >= 15 is 0 Å². The van der Waals surface area contributed by atoms with Crippen LogP contribution in [-0.2, 0) is 0 Å². The average Bonchev–Trinajstić information content (AvgIpc) is 2.53. The zero-order chi connectivity index (χ0) is 14.9. The molecule has 1 aromatic carbocycles. The lowest BCUT2D eigenvalue weighted by molar-refractivity contribution is 0.234. The molecule has 1 aliphatic heterocycles. The number of hydrogen-bond acceptors (Lipinski definition) is 4. The molecule has 6 nitrogen and oxygen atoms in total. The Morgan fingerprint density at radius 2 is 2.00 bits per heavy atom. The summed E-state index contributed by atoms with van der Waals surface area (Å²) in [6.07, 6.45) is 0.968. The molecule has 0 spiro atoms. The zero-order valence-corrected chi connectivity index (χ0v) is 12.5. The molecule has 1 aliphatic rings. The normalized spacial score (nSPS) is 15.5. The van der Waals surface area contributed by atoms with E-state index in [1.807, 2.05) is 24.3 Å². The topological polar surface area (TPSA) is 65.6 Å². The summed E-state index contributed by atoms with van der Waals surface area (Å²) < 4.78 is 5.07. The third-order valence-corrected chi connectivity index (χ3v) is 3.49. The highest BCUT2D eigenvalue weighted by Crippen LogP contribution is 2.14. The Morgan fingerprint density at radius 1 is 1.29 bits per heavy atom. The SMILES string of the molecule is COc1ccc(NC(=O)NCCCN2CCNCC2)cc1. The van der Waals surface area contributed by atoms with Crippen LogP contribution in [0.4, 0.5) is 10.5 Å². The number of piperazine rings is 1. The maximum absolute atomic E-state index is 11.7. The van der Waals surface area contributed by atoms with Gasteiger partial charge in [0.15, 0.2) is 0 Å². The van der Waals surface area contributed by atoms with Crippen molar-refractivity contribution >= 4 is 11.7 Å². The molecule has 1 heterocycles. The third kappa shape index (κ3) is 5.61. The number of carbonyl (C=O) groups excluding carboxylic acids is 1. The molecule has 0 radical (unpaired) electrons. The van der Waals surface area contributed by atoms with Gasteiger partial charge in [-0.15, -0.1) is 0 Å². The van der Waals surface area contributed by atoms with Gasteiger partial charge in [0.1, 0.15) is 5.75 Å². The van der Waals surface area contributed by atoms with Gasteiger partial charge in [-0.25, -0.2) is 4.79 Å². The highest BCUT2D eigenvalue weighted by atomic mass is 16.5. The molecule has 3 N–H and O–H groups in total. The molecule has 2 amide bonds. The van der Waals surface area contributed by atoms with Crippen LogP contribution >= 0.6 is 0 Å². The summed E-state index contributed by atoms with van der Waals surface area (Å²) in [5.74, 6) is 0.775. The Kier molecular flexibility index (Phi) is 6.30. The predicted octanol–water partition coefficient (Wildman–Crippen LogP) is 1.11. The highest BCUT2D eigenvalue weighted by molar-refractivity contribution is 5.89. The van der Waals surface area contributed by atoms with Crippen molar-refractivity contribution < 1.29 is 9.53 Å². The summed E-state index contributed by atoms with van der Waals surface area (Å²) in [5, 5.41) is 9.01. The van der Waals surface area contributed by atoms with Gasteiger partial charge >= 0.3 is 6.03 Å². The van der Waals surface area contributed by atoms with Crippen LogP contribution in [0.25, 0.3) is 0 Å². The van der Waals surface area contributed by atoms with Crippen LogP contribution in [0.1, 0.15) is 6.42 Å². The number of nitrogens with one attached hydrogen (secondary N) is 3. The van der Waals surface area contributed by atoms with E-state index in [4.69, 9.17) is 4.74 Å². The van der Waals surface area contributed by atoms with Crippen LogP contribution in [0.2, 0.25) is 0 Å². The number of carbonyl (C=O) groups is 1. The number of amides is 2. The smallest absolute Gasteiger partial charge is 0.319 e. The third-order valence-electron chi connectivity index (χ3n) is 3.49. The maximum atomic E-state index is 11.7. The van der Waals surface area contributed by atoms with Crippen LogP contribution in [0.3, 0.4) is 0 Å². The minimum absolute atomic E-state index is 0.166. The molecular formula is C15H24N4O2. The highest BCUT2D eigenvalue weighted by Gasteiger charge is 2.08. The van der Waals surface area contributed by atoms with E-state index in [1.54, 1.807) is 7.11 Å². The molecule has 0 saturated carbocycles. The number of rotatable bonds is 6. The molecule has 0 aliphatic carbocycles. The van der Waals surface area contributed by atoms with Crippen molar-refractivity contribution in [3.05, 3.63) is 24.3 Å². The second-order valence-electron chi connectivity index (χ2n) is 5.05. The van der Waals surface area contributed by atoms with Gasteiger partial charge in [-0.05, 0) is 37.2 Å². The van der Waals surface area contributed by atoms with Crippen molar-refractivity contribution in [2.24, 2.45) is 0 Å². The van der Waals surface area contributed by atoms with Crippen molar-refractivity contribution in [3.8, 4) is 5.75 Å². The first kappa shape index (κ1) is 15.6. The van der Waals surface area contributed by atoms with Gasteiger partial charge < -0.3 is 25.6 Å². The number of methoxy groups -OCH3 is 1. The molecule has 0 unspecified atom stereocenters. The van der Waals surface area contributed by atoms with Gasteiger partial charge in [0.25, 0.3) is 0 Å². The molecule has 0 bridgehead atoms. The van der Waals surface area contributed by atoms with Gasteiger partial charge in [0, 0.05) is 38.4 Å². The molecule has 1 saturated heterocycles. The summed E-state index contributed by atoms with van der Waals surface area (Å²) in [4.78, 5) is 14.2. The van der Waals surface area contributed by atoms with Gasteiger partial charge in [-0.1, -0.05) is 0 Å². The van der Waals surface area contributed by atoms with Crippen LogP contribution < -0.4 is 20.7 Å². The predicted molar refractivity (Wildman–Crippen MR) is 83.9 cm³/mol. The van der Waals surface area contributed by atoms with E-state index in [1.165, 1.54) is 0 Å². The molecule has 0 atom stereocenters. The summed E-state index contributed by atoms with van der Waals surface area (Å²) >= 11 is 0. The lowest BCUT2D eigenvalue weighted by Crippen LogP contribution is -2.44. The second-order valence-corrected chi connectivity index (χ2v) is 5.05. The Labute approximate surface area is 125 Å². The summed E-state index contributed by atoms with van der Waals surface area (Å²) in [6.45, 7) is 6.03. The van der Waals surface area contributed by atoms with E-state index in [9.17, 15) is 4.79 Å². The van der Waals surface area contributed by atoms with E-state index in [0.29, 0.717) is 6.54 Å². The summed E-state index contributed by atoms with van der Waals surface area (Å²) in [7, 11) is 1.62. The maximum Gasteiger partial charge on any atom is 0.319 e. The molecule has 21 heavy (non-hydrogen) atoms. The molecule has 6 heteroatoms. The Bertz CT molecular complexity index is 430. The lowest BCUT2D eigenvalue weighted by Gasteiger charge is -2.27. The number of benzene rings is 1. The molecule has 2 rings (SSSR count). The average molecular weight is 292 g/mol. The number of urea groups is 1. The molecule has 1 fully saturated rings. The number of anilines is 1. The van der Waals surface area contributed by atoms with Crippen molar-refractivity contribution in [1.29, 1.82) is 0 Å². The van der Waals surface area contributed by atoms with Gasteiger partial charge in [-0.3, -0.25) is 0 Å². The van der Waals surface area contributed by atoms with E-state index < -0.39 is 0 Å². The fourth-order valence-electron chi connectivity index (χ4n) is 2.29. The fraction of sp³-hybridized carbons (Fsp3) is 0.533. The minimum Gasteiger partial charge on any atom is -0.497 e. The van der Waals surface area contributed by atoms with Gasteiger partial charge in [0.05, 0.1) is 7.11 Å². The van der Waals surface area contributed by atoms with E-state index in [-0.39, 0.29) is 6.03 Å². The Morgan fingerprint density at radius 3 is 2.67 bits per heavy atom.